The summed E-state index contributed by atoms with van der Waals surface area (Å²) in [4.78, 5) is 190. The maximum atomic E-state index is 16.1. The van der Waals surface area contributed by atoms with E-state index in [1.54, 1.807) is 0 Å². The number of phenolic OH excluding ortho intramolecular Hbond substituents is 6. The fraction of sp³-hybridized carbons (Fsp3) is 0.226. The average molecular weight is 1170 g/mol. The highest BCUT2D eigenvalue weighted by Crippen LogP contribution is 2.57. The maximum Gasteiger partial charge on any atom is 0.238 e. The smallest absolute Gasteiger partial charge is 0.238 e. The van der Waals surface area contributed by atoms with E-state index in [0.717, 1.165) is 107 Å². The van der Waals surface area contributed by atoms with Crippen molar-refractivity contribution in [2.75, 3.05) is 29.4 Å². The zero-order chi connectivity index (χ0) is 61.2. The van der Waals surface area contributed by atoms with Gasteiger partial charge in [-0.05, 0) is 146 Å². The summed E-state index contributed by atoms with van der Waals surface area (Å²) >= 11 is 0. The summed E-state index contributed by atoms with van der Waals surface area (Å²) in [6, 6.07) is 27.6. The molecule has 0 bridgehead atoms. The van der Waals surface area contributed by atoms with Crippen LogP contribution in [0.1, 0.15) is 13.8 Å². The van der Waals surface area contributed by atoms with Crippen LogP contribution in [0.3, 0.4) is 0 Å². The molecule has 24 heteroatoms. The van der Waals surface area contributed by atoms with Gasteiger partial charge in [-0.15, -0.1) is 0 Å². The molecule has 86 heavy (non-hydrogen) atoms. The molecule has 12 unspecified atom stereocenters. The Hall–Kier alpha value is -11.0. The number of phenols is 6. The van der Waals surface area contributed by atoms with Crippen LogP contribution in [0.15, 0.2) is 146 Å². The van der Waals surface area contributed by atoms with Crippen LogP contribution < -0.4 is 29.4 Å². The molecule has 6 aromatic rings. The van der Waals surface area contributed by atoms with E-state index in [2.05, 4.69) is 0 Å². The van der Waals surface area contributed by atoms with Crippen LogP contribution in [0, 0.1) is 71.0 Å². The highest BCUT2D eigenvalue weighted by molar-refractivity contribution is 6.33. The van der Waals surface area contributed by atoms with E-state index in [-0.39, 0.29) is 68.6 Å². The highest BCUT2D eigenvalue weighted by atomic mass is 16.3. The summed E-state index contributed by atoms with van der Waals surface area (Å²) in [6.45, 7) is 2.58. The normalized spacial score (nSPS) is 27.8. The fourth-order valence-corrected chi connectivity index (χ4v) is 13.6. The third kappa shape index (κ3) is 8.33. The molecule has 12 rings (SSSR count). The predicted molar refractivity (Wildman–Crippen MR) is 297 cm³/mol. The molecule has 6 aliphatic heterocycles. The Morgan fingerprint density at radius 1 is 0.198 bits per heavy atom. The molecule has 0 aromatic heterocycles. The van der Waals surface area contributed by atoms with Crippen molar-refractivity contribution in [1.82, 2.24) is 0 Å². The van der Waals surface area contributed by atoms with Gasteiger partial charge in [-0.1, -0.05) is 13.8 Å². The van der Waals surface area contributed by atoms with Crippen LogP contribution in [0.4, 0.5) is 34.1 Å². The van der Waals surface area contributed by atoms with Crippen molar-refractivity contribution in [3.63, 3.8) is 0 Å². The van der Waals surface area contributed by atoms with Gasteiger partial charge in [0.1, 0.15) is 34.5 Å². The van der Waals surface area contributed by atoms with Crippen molar-refractivity contribution in [2.45, 2.75) is 13.8 Å². The van der Waals surface area contributed by atoms with Gasteiger partial charge in [0, 0.05) is 11.8 Å². The van der Waals surface area contributed by atoms with E-state index < -0.39 is 142 Å². The first-order valence-corrected chi connectivity index (χ1v) is 27.0. The van der Waals surface area contributed by atoms with Crippen molar-refractivity contribution in [3.8, 4) is 34.5 Å². The van der Waals surface area contributed by atoms with E-state index in [0.29, 0.717) is 19.6 Å². The Balaban J connectivity index is 1.09. The molecule has 6 N–H and O–H groups in total. The first kappa shape index (κ1) is 55.5. The van der Waals surface area contributed by atoms with Gasteiger partial charge in [-0.2, -0.15) is 0 Å². The van der Waals surface area contributed by atoms with Crippen molar-refractivity contribution in [2.24, 2.45) is 71.0 Å². The number of aromatic hydroxyl groups is 6. The van der Waals surface area contributed by atoms with Crippen LogP contribution in [0.2, 0.25) is 0 Å². The molecular weight excluding hydrogens is 1120 g/mol. The zero-order valence-corrected chi connectivity index (χ0v) is 45.1. The first-order chi connectivity index (χ1) is 41.0. The van der Waals surface area contributed by atoms with Crippen LogP contribution in [0.5, 0.6) is 34.5 Å². The number of hydrogen-bond donors (Lipinski definition) is 6. The van der Waals surface area contributed by atoms with Crippen LogP contribution in [-0.4, -0.2) is 102 Å². The topological polar surface area (TPSA) is 346 Å². The van der Waals surface area contributed by atoms with Gasteiger partial charge in [0.25, 0.3) is 0 Å². The SMILES string of the molecule is CC1C(=O)N(c2ccc(O)cc2)C(=O)C1C1C(=O)N(c2ccc(O)cc2)C(=O)C1C1C(=O)N(c2ccc(O)cc2)C(=O)C1C1C(=O)N(c2ccc(O)cc2)C(=O)C1C1C(=O)N(c2ccc(O)cc2)C(=O)C1C1C(=O)N(c2ccc(O)cc2)C(=O)C1C. The molecule has 0 aliphatic carbocycles. The number of anilines is 6. The molecule has 6 heterocycles. The number of carbonyl (C=O) groups excluding carboxylic acids is 12. The third-order valence-electron chi connectivity index (χ3n) is 17.5. The number of hydrogen-bond acceptors (Lipinski definition) is 18. The average Bonchev–Trinajstić information content (AvgIpc) is 1.56. The number of nitrogens with zero attached hydrogens (tertiary/aromatic N) is 6. The van der Waals surface area contributed by atoms with Gasteiger partial charge in [-0.3, -0.25) is 86.9 Å². The van der Waals surface area contributed by atoms with Crippen molar-refractivity contribution < 1.29 is 88.2 Å². The second-order valence-electron chi connectivity index (χ2n) is 22.0. The van der Waals surface area contributed by atoms with E-state index in [9.17, 15) is 40.2 Å². The number of rotatable bonds is 11. The summed E-state index contributed by atoms with van der Waals surface area (Å²) in [5, 5.41) is 61.8. The molecule has 0 saturated carbocycles. The lowest BCUT2D eigenvalue weighted by molar-refractivity contribution is -0.142. The first-order valence-electron chi connectivity index (χ1n) is 27.0. The summed E-state index contributed by atoms with van der Waals surface area (Å²) < 4.78 is 0. The van der Waals surface area contributed by atoms with E-state index in [1.807, 2.05) is 0 Å². The largest absolute Gasteiger partial charge is 0.508 e. The molecule has 12 amide bonds. The minimum Gasteiger partial charge on any atom is -0.508 e. The van der Waals surface area contributed by atoms with E-state index in [4.69, 9.17) is 0 Å². The second-order valence-corrected chi connectivity index (χ2v) is 22.0. The Kier molecular flexibility index (Phi) is 13.2. The Bertz CT molecular complexity index is 3690. The number of imide groups is 6. The van der Waals surface area contributed by atoms with Crippen LogP contribution in [0.25, 0.3) is 0 Å². The molecule has 6 aromatic carbocycles. The number of carbonyl (C=O) groups is 12. The van der Waals surface area contributed by atoms with Crippen molar-refractivity contribution >= 4 is 105 Å². The van der Waals surface area contributed by atoms with Gasteiger partial charge in [-0.25, -0.2) is 0 Å². The third-order valence-corrected chi connectivity index (χ3v) is 17.5. The molecule has 6 saturated heterocycles. The lowest BCUT2D eigenvalue weighted by Crippen LogP contribution is -2.47. The van der Waals surface area contributed by atoms with Gasteiger partial charge in [0.2, 0.25) is 70.9 Å². The fourth-order valence-electron chi connectivity index (χ4n) is 13.6. The maximum absolute atomic E-state index is 16.1. The molecule has 0 radical (unpaired) electrons. The van der Waals surface area contributed by atoms with Gasteiger partial charge in [0.05, 0.1) is 93.3 Å². The Labute approximate surface area is 485 Å². The summed E-state index contributed by atoms with van der Waals surface area (Å²) in [5.41, 5.74) is -1.18. The molecule has 24 nitrogen and oxygen atoms in total. The van der Waals surface area contributed by atoms with E-state index in [1.165, 1.54) is 62.4 Å². The monoisotopic (exact) mass is 1160 g/mol. The standard InChI is InChI=1S/C62H48N6O18/c1-27-41(53(77)63(51(27)75)29-3-15-35(69)16-4-29)43-45(57(81)65(55(43)79)31-7-19-37(71)20-8-31)47-49(61(85)67(59(47)83)33-11-23-39(73)24-12-33)50-48(60(84)68(62(50)86)34-13-25-40(74)26-14-34)46-44(56(80)66(58(46)82)32-9-21-38(72)22-10-32)42-28(2)52(76)64(54(42)78)30-5-17-36(70)18-6-30/h3-28,41-50,69-74H,1-2H3. The molecular formula is C62H48N6O18. The molecule has 6 fully saturated rings. The van der Waals surface area contributed by atoms with Gasteiger partial charge >= 0.3 is 0 Å². The minimum absolute atomic E-state index is 0.0683. The minimum atomic E-state index is -2.38. The Morgan fingerprint density at radius 3 is 0.465 bits per heavy atom. The summed E-state index contributed by atoms with van der Waals surface area (Å²) in [6.07, 6.45) is 0. The number of benzene rings is 6. The van der Waals surface area contributed by atoms with Crippen LogP contribution in [-0.2, 0) is 57.5 Å². The quantitative estimate of drug-likeness (QED) is 0.0995. The summed E-state index contributed by atoms with van der Waals surface area (Å²) in [7, 11) is 0. The molecule has 12 atom stereocenters. The molecule has 6 aliphatic rings. The summed E-state index contributed by atoms with van der Waals surface area (Å²) in [5.74, 6) is -40.8. The molecule has 434 valence electrons. The predicted octanol–water partition coefficient (Wildman–Crippen LogP) is 4.09. The lowest BCUT2D eigenvalue weighted by Gasteiger charge is -2.33. The molecule has 0 spiro atoms. The van der Waals surface area contributed by atoms with E-state index >= 15 is 47.9 Å². The number of amides is 12. The zero-order valence-electron chi connectivity index (χ0n) is 45.1. The lowest BCUT2D eigenvalue weighted by atomic mass is 9.63. The van der Waals surface area contributed by atoms with Gasteiger partial charge in [0.15, 0.2) is 0 Å². The van der Waals surface area contributed by atoms with Crippen molar-refractivity contribution in [3.05, 3.63) is 146 Å². The Morgan fingerprint density at radius 2 is 0.314 bits per heavy atom. The van der Waals surface area contributed by atoms with Crippen molar-refractivity contribution in [1.29, 1.82) is 0 Å². The van der Waals surface area contributed by atoms with Crippen LogP contribution >= 0.6 is 0 Å². The highest BCUT2D eigenvalue weighted by Gasteiger charge is 2.73. The second kappa shape index (κ2) is 20.4. The van der Waals surface area contributed by atoms with Gasteiger partial charge < -0.3 is 30.6 Å².